The summed E-state index contributed by atoms with van der Waals surface area (Å²) in [7, 11) is 0. The van der Waals surface area contributed by atoms with Crippen LogP contribution in [0.4, 0.5) is 0 Å². The number of amides is 1. The van der Waals surface area contributed by atoms with Crippen molar-refractivity contribution in [2.45, 2.75) is 16.9 Å². The summed E-state index contributed by atoms with van der Waals surface area (Å²) in [6.45, 7) is 2.31. The van der Waals surface area contributed by atoms with Crippen molar-refractivity contribution in [1.82, 2.24) is 4.90 Å². The van der Waals surface area contributed by atoms with Crippen LogP contribution in [-0.4, -0.2) is 34.0 Å². The number of rotatable bonds is 0. The molecule has 0 aromatic rings. The highest BCUT2D eigenvalue weighted by atomic mass is 35.6. The van der Waals surface area contributed by atoms with E-state index >= 15 is 0 Å². The van der Waals surface area contributed by atoms with E-state index in [1.807, 2.05) is 0 Å². The predicted molar refractivity (Wildman–Crippen MR) is 47.4 cm³/mol. The van der Waals surface area contributed by atoms with Crippen molar-refractivity contribution in [3.05, 3.63) is 0 Å². The van der Waals surface area contributed by atoms with Crippen molar-refractivity contribution in [2.24, 2.45) is 0 Å². The van der Waals surface area contributed by atoms with Gasteiger partial charge in [-0.3, -0.25) is 4.79 Å². The number of ether oxygens (including phenoxy) is 1. The first kappa shape index (κ1) is 10.4. The minimum absolute atomic E-state index is 0.149. The molecule has 3 nitrogen and oxygen atoms in total. The summed E-state index contributed by atoms with van der Waals surface area (Å²) in [5.74, 6) is -0.149. The van der Waals surface area contributed by atoms with Gasteiger partial charge >= 0.3 is 0 Å². The lowest BCUT2D eigenvalue weighted by Gasteiger charge is -2.27. The monoisotopic (exact) mass is 231 g/mol. The van der Waals surface area contributed by atoms with Gasteiger partial charge in [-0.25, -0.2) is 0 Å². The van der Waals surface area contributed by atoms with Gasteiger partial charge < -0.3 is 9.64 Å². The Balaban J connectivity index is 2.71. The largest absolute Gasteiger partial charge is 0.352 e. The summed E-state index contributed by atoms with van der Waals surface area (Å²) < 4.78 is 3.53. The Hall–Kier alpha value is 0.300. The smallest absolute Gasteiger partial charge is 0.234 e. The topological polar surface area (TPSA) is 29.5 Å². The van der Waals surface area contributed by atoms with Crippen LogP contribution in [0.15, 0.2) is 0 Å². The molecule has 1 aliphatic heterocycles. The van der Waals surface area contributed by atoms with Gasteiger partial charge in [-0.15, -0.1) is 0 Å². The van der Waals surface area contributed by atoms with E-state index in [1.54, 1.807) is 0 Å². The third-order valence-electron chi connectivity index (χ3n) is 1.58. The molecule has 12 heavy (non-hydrogen) atoms. The van der Waals surface area contributed by atoms with Gasteiger partial charge in [0.05, 0.1) is 6.61 Å². The normalized spacial score (nSPS) is 24.7. The fourth-order valence-electron chi connectivity index (χ4n) is 1.06. The molecule has 1 saturated heterocycles. The molecule has 0 radical (unpaired) electrons. The van der Waals surface area contributed by atoms with Crippen molar-refractivity contribution in [3.63, 3.8) is 0 Å². The zero-order valence-corrected chi connectivity index (χ0v) is 8.66. The minimum Gasteiger partial charge on any atom is -0.352 e. The molecule has 1 rings (SSSR count). The maximum Gasteiger partial charge on any atom is 0.234 e. The standard InChI is InChI=1S/C6H8Cl3NO2/c1-4(11)10-2-3-12-5(10)6(7,8)9/h5H,2-3H2,1H3. The summed E-state index contributed by atoms with van der Waals surface area (Å²) >= 11 is 16.8. The number of nitrogens with zero attached hydrogens (tertiary/aromatic N) is 1. The van der Waals surface area contributed by atoms with E-state index in [0.717, 1.165) is 0 Å². The minimum atomic E-state index is -1.57. The van der Waals surface area contributed by atoms with Crippen LogP contribution in [0.1, 0.15) is 6.92 Å². The third-order valence-corrected chi connectivity index (χ3v) is 2.14. The SMILES string of the molecule is CC(=O)N1CCOC1C(Cl)(Cl)Cl. The summed E-state index contributed by atoms with van der Waals surface area (Å²) in [5.41, 5.74) is 0. The van der Waals surface area contributed by atoms with Crippen molar-refractivity contribution < 1.29 is 9.53 Å². The van der Waals surface area contributed by atoms with Crippen LogP contribution >= 0.6 is 34.8 Å². The highest BCUT2D eigenvalue weighted by Crippen LogP contribution is 2.36. The third kappa shape index (κ3) is 2.16. The van der Waals surface area contributed by atoms with Crippen LogP contribution in [0.2, 0.25) is 0 Å². The lowest BCUT2D eigenvalue weighted by atomic mass is 10.5. The molecule has 1 heterocycles. The van der Waals surface area contributed by atoms with Crippen LogP contribution in [0.3, 0.4) is 0 Å². The number of halogens is 3. The molecule has 0 aromatic carbocycles. The molecule has 1 amide bonds. The molecular formula is C6H8Cl3NO2. The zero-order valence-electron chi connectivity index (χ0n) is 6.39. The van der Waals surface area contributed by atoms with Gasteiger partial charge in [0, 0.05) is 13.5 Å². The molecule has 0 spiro atoms. The highest BCUT2D eigenvalue weighted by Gasteiger charge is 2.42. The molecule has 1 aliphatic rings. The average Bonchev–Trinajstić information content (AvgIpc) is 2.30. The van der Waals surface area contributed by atoms with Gasteiger partial charge in [-0.1, -0.05) is 34.8 Å². The van der Waals surface area contributed by atoms with E-state index in [1.165, 1.54) is 11.8 Å². The molecule has 0 aromatic heterocycles. The van der Waals surface area contributed by atoms with Crippen molar-refractivity contribution in [3.8, 4) is 0 Å². The maximum atomic E-state index is 11.0. The lowest BCUT2D eigenvalue weighted by Crippen LogP contribution is -2.42. The second-order valence-corrected chi connectivity index (χ2v) is 4.85. The van der Waals surface area contributed by atoms with E-state index in [9.17, 15) is 4.79 Å². The Morgan fingerprint density at radius 1 is 1.58 bits per heavy atom. The first-order valence-electron chi connectivity index (χ1n) is 3.38. The molecule has 6 heteroatoms. The Morgan fingerprint density at radius 2 is 2.17 bits per heavy atom. The average molecular weight is 232 g/mol. The molecular weight excluding hydrogens is 224 g/mol. The molecule has 1 atom stereocenters. The number of hydrogen-bond acceptors (Lipinski definition) is 2. The molecule has 70 valence electrons. The molecule has 0 saturated carbocycles. The van der Waals surface area contributed by atoms with Gasteiger partial charge in [0.15, 0.2) is 6.23 Å². The molecule has 0 aliphatic carbocycles. The van der Waals surface area contributed by atoms with Gasteiger partial charge in [-0.05, 0) is 0 Å². The Kier molecular flexibility index (Phi) is 3.10. The van der Waals surface area contributed by atoms with Crippen LogP contribution in [-0.2, 0) is 9.53 Å². The molecule has 0 N–H and O–H groups in total. The fraction of sp³-hybridized carbons (Fsp3) is 0.833. The predicted octanol–water partition coefficient (Wildman–Crippen LogP) is 1.56. The van der Waals surface area contributed by atoms with Crippen LogP contribution < -0.4 is 0 Å². The zero-order chi connectivity index (χ0) is 9.35. The number of hydrogen-bond donors (Lipinski definition) is 0. The van der Waals surface area contributed by atoms with Gasteiger partial charge in [0.25, 0.3) is 0 Å². The number of carbonyl (C=O) groups excluding carboxylic acids is 1. The van der Waals surface area contributed by atoms with Crippen molar-refractivity contribution in [2.75, 3.05) is 13.2 Å². The first-order chi connectivity index (χ1) is 5.43. The summed E-state index contributed by atoms with van der Waals surface area (Å²) in [6.07, 6.45) is -0.750. The summed E-state index contributed by atoms with van der Waals surface area (Å²) in [6, 6.07) is 0. The second kappa shape index (κ2) is 3.58. The Morgan fingerprint density at radius 3 is 2.50 bits per heavy atom. The second-order valence-electron chi connectivity index (χ2n) is 2.48. The summed E-state index contributed by atoms with van der Waals surface area (Å²) in [5, 5.41) is 0. The van der Waals surface area contributed by atoms with Crippen LogP contribution in [0, 0.1) is 0 Å². The first-order valence-corrected chi connectivity index (χ1v) is 4.52. The van der Waals surface area contributed by atoms with Gasteiger partial charge in [0.1, 0.15) is 0 Å². The fourth-order valence-corrected chi connectivity index (χ4v) is 1.61. The van der Waals surface area contributed by atoms with E-state index in [2.05, 4.69) is 0 Å². The van der Waals surface area contributed by atoms with E-state index in [-0.39, 0.29) is 5.91 Å². The van der Waals surface area contributed by atoms with Gasteiger partial charge in [-0.2, -0.15) is 0 Å². The van der Waals surface area contributed by atoms with Crippen molar-refractivity contribution >= 4 is 40.7 Å². The summed E-state index contributed by atoms with van der Waals surface area (Å²) in [4.78, 5) is 12.4. The number of alkyl halides is 3. The van der Waals surface area contributed by atoms with Crippen molar-refractivity contribution in [1.29, 1.82) is 0 Å². The Bertz CT molecular complexity index is 192. The van der Waals surface area contributed by atoms with Crippen LogP contribution in [0.25, 0.3) is 0 Å². The quantitative estimate of drug-likeness (QED) is 0.593. The maximum absolute atomic E-state index is 11.0. The highest BCUT2D eigenvalue weighted by molar-refractivity contribution is 6.68. The lowest BCUT2D eigenvalue weighted by molar-refractivity contribution is -0.133. The molecule has 0 bridgehead atoms. The Labute approximate surface area is 85.5 Å². The molecule has 1 unspecified atom stereocenters. The van der Waals surface area contributed by atoms with Crippen LogP contribution in [0.5, 0.6) is 0 Å². The molecule has 1 fully saturated rings. The van der Waals surface area contributed by atoms with E-state index in [4.69, 9.17) is 39.5 Å². The van der Waals surface area contributed by atoms with Gasteiger partial charge in [0.2, 0.25) is 9.70 Å². The number of carbonyl (C=O) groups is 1. The van der Waals surface area contributed by atoms with E-state index in [0.29, 0.717) is 13.2 Å². The van der Waals surface area contributed by atoms with E-state index < -0.39 is 10.0 Å².